The SMILES string of the molecule is CN(C)CCn1c(-c2ccc(NC(=O)C3CCCCC3)cc2)cc2cc(NC(=O)C3CCCCC3)ccc21. The molecule has 2 aliphatic rings. The van der Waals surface area contributed by atoms with Crippen molar-refractivity contribution in [3.05, 3.63) is 48.5 Å². The van der Waals surface area contributed by atoms with Crippen LogP contribution in [0.25, 0.3) is 22.2 Å². The maximum Gasteiger partial charge on any atom is 0.227 e. The molecular weight excluding hydrogens is 472 g/mol. The molecule has 2 aliphatic carbocycles. The summed E-state index contributed by atoms with van der Waals surface area (Å²) in [6.45, 7) is 1.78. The van der Waals surface area contributed by atoms with Crippen LogP contribution < -0.4 is 10.6 Å². The second-order valence-electron chi connectivity index (χ2n) is 11.5. The highest BCUT2D eigenvalue weighted by Crippen LogP contribution is 2.32. The van der Waals surface area contributed by atoms with Crippen LogP contribution in [0.3, 0.4) is 0 Å². The molecule has 0 aliphatic heterocycles. The zero-order valence-electron chi connectivity index (χ0n) is 23.0. The lowest BCUT2D eigenvalue weighted by Crippen LogP contribution is -2.24. The van der Waals surface area contributed by atoms with Crippen LogP contribution in [0.1, 0.15) is 64.2 Å². The summed E-state index contributed by atoms with van der Waals surface area (Å²) in [7, 11) is 4.18. The normalized spacial score (nSPS) is 17.1. The van der Waals surface area contributed by atoms with Crippen LogP contribution in [0, 0.1) is 11.8 Å². The summed E-state index contributed by atoms with van der Waals surface area (Å²) in [6.07, 6.45) is 11.1. The van der Waals surface area contributed by atoms with Crippen LogP contribution in [-0.2, 0) is 16.1 Å². The van der Waals surface area contributed by atoms with E-state index in [2.05, 4.69) is 64.5 Å². The molecule has 6 nitrogen and oxygen atoms in total. The number of hydrogen-bond donors (Lipinski definition) is 2. The Balaban J connectivity index is 1.37. The number of likely N-dealkylation sites (N-methyl/N-ethyl adjacent to an activating group) is 1. The number of amides is 2. The highest BCUT2D eigenvalue weighted by Gasteiger charge is 2.22. The van der Waals surface area contributed by atoms with E-state index in [1.54, 1.807) is 0 Å². The Hall–Kier alpha value is -3.12. The topological polar surface area (TPSA) is 66.4 Å². The summed E-state index contributed by atoms with van der Waals surface area (Å²) in [4.78, 5) is 27.7. The summed E-state index contributed by atoms with van der Waals surface area (Å²) in [5, 5.41) is 7.43. The number of aromatic nitrogens is 1. The van der Waals surface area contributed by atoms with Crippen molar-refractivity contribution in [2.45, 2.75) is 70.8 Å². The van der Waals surface area contributed by atoms with Gasteiger partial charge in [-0.3, -0.25) is 9.59 Å². The second kappa shape index (κ2) is 12.2. The van der Waals surface area contributed by atoms with Gasteiger partial charge in [-0.2, -0.15) is 0 Å². The molecule has 202 valence electrons. The van der Waals surface area contributed by atoms with Gasteiger partial charge in [-0.1, -0.05) is 50.7 Å². The number of benzene rings is 2. The first-order valence-corrected chi connectivity index (χ1v) is 14.5. The number of rotatable bonds is 8. The fraction of sp³-hybridized carbons (Fsp3) is 0.500. The molecule has 2 amide bonds. The first kappa shape index (κ1) is 26.5. The standard InChI is InChI=1S/C32H42N4O2/c1-35(2)19-20-36-29-18-17-28(34-32(38)25-11-7-4-8-12-25)21-26(29)22-30(36)23-13-15-27(16-14-23)33-31(37)24-9-5-3-6-10-24/h13-18,21-22,24-25H,3-12,19-20H2,1-2H3,(H,33,37)(H,34,38). The van der Waals surface area contributed by atoms with E-state index in [4.69, 9.17) is 0 Å². The molecular formula is C32H42N4O2. The van der Waals surface area contributed by atoms with Crippen molar-refractivity contribution < 1.29 is 9.59 Å². The third kappa shape index (κ3) is 6.29. The second-order valence-corrected chi connectivity index (χ2v) is 11.5. The van der Waals surface area contributed by atoms with Crippen molar-refractivity contribution in [2.75, 3.05) is 31.3 Å². The van der Waals surface area contributed by atoms with E-state index in [0.717, 1.165) is 98.0 Å². The Bertz CT molecular complexity index is 1250. The number of hydrogen-bond acceptors (Lipinski definition) is 3. The van der Waals surface area contributed by atoms with Crippen LogP contribution in [0.2, 0.25) is 0 Å². The Morgan fingerprint density at radius 2 is 1.32 bits per heavy atom. The molecule has 3 aromatic rings. The predicted octanol–water partition coefficient (Wildman–Crippen LogP) is 6.91. The molecule has 6 heteroatoms. The van der Waals surface area contributed by atoms with Crippen LogP contribution in [0.5, 0.6) is 0 Å². The van der Waals surface area contributed by atoms with Gasteiger partial charge in [-0.15, -0.1) is 0 Å². The van der Waals surface area contributed by atoms with Gasteiger partial charge in [0.15, 0.2) is 0 Å². The van der Waals surface area contributed by atoms with Gasteiger partial charge >= 0.3 is 0 Å². The number of fused-ring (bicyclic) bond motifs is 1. The Kier molecular flexibility index (Phi) is 8.48. The third-order valence-corrected chi connectivity index (χ3v) is 8.34. The van der Waals surface area contributed by atoms with Gasteiger partial charge in [0, 0.05) is 52.9 Å². The molecule has 38 heavy (non-hydrogen) atoms. The Labute approximate surface area is 226 Å². The summed E-state index contributed by atoms with van der Waals surface area (Å²) in [5.74, 6) is 0.587. The van der Waals surface area contributed by atoms with Crippen molar-refractivity contribution in [1.29, 1.82) is 0 Å². The van der Waals surface area contributed by atoms with Crippen LogP contribution in [0.15, 0.2) is 48.5 Å². The minimum absolute atomic E-state index is 0.136. The average molecular weight is 515 g/mol. The Morgan fingerprint density at radius 1 is 0.763 bits per heavy atom. The molecule has 0 saturated heterocycles. The van der Waals surface area contributed by atoms with Crippen molar-refractivity contribution in [2.24, 2.45) is 11.8 Å². The summed E-state index contributed by atoms with van der Waals surface area (Å²) in [6, 6.07) is 16.7. The number of carbonyl (C=O) groups is 2. The quantitative estimate of drug-likeness (QED) is 0.343. The lowest BCUT2D eigenvalue weighted by Gasteiger charge is -2.21. The molecule has 0 radical (unpaired) electrons. The predicted molar refractivity (Wildman–Crippen MR) is 156 cm³/mol. The fourth-order valence-electron chi connectivity index (χ4n) is 6.07. The van der Waals surface area contributed by atoms with E-state index in [9.17, 15) is 9.59 Å². The molecule has 1 aromatic heterocycles. The van der Waals surface area contributed by atoms with E-state index in [-0.39, 0.29) is 23.7 Å². The molecule has 2 aromatic carbocycles. The van der Waals surface area contributed by atoms with E-state index in [1.165, 1.54) is 12.8 Å². The molecule has 0 atom stereocenters. The van der Waals surface area contributed by atoms with Crippen LogP contribution in [-0.4, -0.2) is 41.9 Å². The molecule has 0 spiro atoms. The van der Waals surface area contributed by atoms with Gasteiger partial charge in [0.2, 0.25) is 11.8 Å². The molecule has 1 heterocycles. The zero-order valence-corrected chi connectivity index (χ0v) is 23.0. The highest BCUT2D eigenvalue weighted by molar-refractivity contribution is 5.97. The molecule has 2 N–H and O–H groups in total. The molecule has 2 saturated carbocycles. The van der Waals surface area contributed by atoms with Gasteiger partial charge in [0.05, 0.1) is 0 Å². The number of nitrogens with zero attached hydrogens (tertiary/aromatic N) is 2. The van der Waals surface area contributed by atoms with E-state index in [0.29, 0.717) is 0 Å². The summed E-state index contributed by atoms with van der Waals surface area (Å²) < 4.78 is 2.36. The van der Waals surface area contributed by atoms with Crippen LogP contribution >= 0.6 is 0 Å². The fourth-order valence-corrected chi connectivity index (χ4v) is 6.07. The van der Waals surface area contributed by atoms with E-state index < -0.39 is 0 Å². The van der Waals surface area contributed by atoms with Gasteiger partial charge in [0.25, 0.3) is 0 Å². The average Bonchev–Trinajstić information content (AvgIpc) is 3.31. The van der Waals surface area contributed by atoms with Gasteiger partial charge in [-0.05, 0) is 81.7 Å². The molecule has 5 rings (SSSR count). The van der Waals surface area contributed by atoms with Crippen LogP contribution in [0.4, 0.5) is 11.4 Å². The van der Waals surface area contributed by atoms with Crippen molar-refractivity contribution in [1.82, 2.24) is 9.47 Å². The number of nitrogens with one attached hydrogen (secondary N) is 2. The van der Waals surface area contributed by atoms with E-state index >= 15 is 0 Å². The maximum atomic E-state index is 12.8. The highest BCUT2D eigenvalue weighted by atomic mass is 16.2. The molecule has 0 bridgehead atoms. The number of anilines is 2. The van der Waals surface area contributed by atoms with Gasteiger partial charge in [0.1, 0.15) is 0 Å². The van der Waals surface area contributed by atoms with E-state index in [1.807, 2.05) is 18.2 Å². The van der Waals surface area contributed by atoms with Crippen molar-refractivity contribution in [3.8, 4) is 11.3 Å². The Morgan fingerprint density at radius 3 is 1.89 bits per heavy atom. The van der Waals surface area contributed by atoms with Gasteiger partial charge in [-0.25, -0.2) is 0 Å². The summed E-state index contributed by atoms with van der Waals surface area (Å²) >= 11 is 0. The lowest BCUT2D eigenvalue weighted by molar-refractivity contribution is -0.121. The first-order chi connectivity index (χ1) is 18.5. The third-order valence-electron chi connectivity index (χ3n) is 8.34. The first-order valence-electron chi connectivity index (χ1n) is 14.5. The molecule has 2 fully saturated rings. The monoisotopic (exact) mass is 514 g/mol. The molecule has 0 unspecified atom stereocenters. The number of carbonyl (C=O) groups excluding carboxylic acids is 2. The smallest absolute Gasteiger partial charge is 0.227 e. The minimum atomic E-state index is 0.136. The lowest BCUT2D eigenvalue weighted by atomic mass is 9.88. The largest absolute Gasteiger partial charge is 0.339 e. The van der Waals surface area contributed by atoms with Crippen molar-refractivity contribution in [3.63, 3.8) is 0 Å². The van der Waals surface area contributed by atoms with Gasteiger partial charge < -0.3 is 20.1 Å². The maximum absolute atomic E-state index is 12.8. The zero-order chi connectivity index (χ0) is 26.5. The van der Waals surface area contributed by atoms with Crippen molar-refractivity contribution >= 4 is 34.1 Å². The summed E-state index contributed by atoms with van der Waals surface area (Å²) in [5.41, 5.74) is 5.14. The minimum Gasteiger partial charge on any atom is -0.339 e.